The van der Waals surface area contributed by atoms with E-state index < -0.39 is 0 Å². The molecule has 0 spiro atoms. The summed E-state index contributed by atoms with van der Waals surface area (Å²) in [5.74, 6) is 0. The molecule has 0 aromatic heterocycles. The SMILES string of the molecule is CCCC(C)N(C)c1ccc(CBr)c(Cl)c1. The third-order valence-corrected chi connectivity index (χ3v) is 3.91. The van der Waals surface area contributed by atoms with Crippen LogP contribution >= 0.6 is 27.5 Å². The van der Waals surface area contributed by atoms with Crippen LogP contribution in [0.1, 0.15) is 32.3 Å². The molecule has 3 heteroatoms. The maximum Gasteiger partial charge on any atom is 0.0467 e. The maximum atomic E-state index is 6.20. The van der Waals surface area contributed by atoms with E-state index >= 15 is 0 Å². The van der Waals surface area contributed by atoms with Crippen molar-refractivity contribution < 1.29 is 0 Å². The highest BCUT2D eigenvalue weighted by Crippen LogP contribution is 2.26. The molecule has 0 N–H and O–H groups in total. The summed E-state index contributed by atoms with van der Waals surface area (Å²) in [6.07, 6.45) is 2.41. The van der Waals surface area contributed by atoms with Gasteiger partial charge in [-0.3, -0.25) is 0 Å². The topological polar surface area (TPSA) is 3.24 Å². The summed E-state index contributed by atoms with van der Waals surface area (Å²) in [7, 11) is 2.12. The first-order chi connectivity index (χ1) is 7.60. The lowest BCUT2D eigenvalue weighted by molar-refractivity contribution is 0.616. The lowest BCUT2D eigenvalue weighted by Crippen LogP contribution is -2.28. The van der Waals surface area contributed by atoms with Crippen molar-refractivity contribution in [3.05, 3.63) is 28.8 Å². The van der Waals surface area contributed by atoms with E-state index in [0.29, 0.717) is 6.04 Å². The van der Waals surface area contributed by atoms with Gasteiger partial charge >= 0.3 is 0 Å². The largest absolute Gasteiger partial charge is 0.372 e. The van der Waals surface area contributed by atoms with E-state index in [1.807, 2.05) is 6.07 Å². The summed E-state index contributed by atoms with van der Waals surface area (Å²) in [5.41, 5.74) is 2.33. The zero-order valence-electron chi connectivity index (χ0n) is 10.1. The van der Waals surface area contributed by atoms with Gasteiger partial charge in [0, 0.05) is 29.1 Å². The Labute approximate surface area is 112 Å². The Balaban J connectivity index is 2.84. The van der Waals surface area contributed by atoms with Crippen molar-refractivity contribution >= 4 is 33.2 Å². The highest BCUT2D eigenvalue weighted by molar-refractivity contribution is 9.08. The zero-order chi connectivity index (χ0) is 12.1. The second-order valence-electron chi connectivity index (χ2n) is 4.16. The fourth-order valence-corrected chi connectivity index (χ4v) is 2.62. The molecule has 1 unspecified atom stereocenters. The van der Waals surface area contributed by atoms with Crippen LogP contribution in [-0.2, 0) is 5.33 Å². The molecule has 1 atom stereocenters. The van der Waals surface area contributed by atoms with E-state index in [2.05, 4.69) is 53.9 Å². The van der Waals surface area contributed by atoms with Crippen LogP contribution in [0.2, 0.25) is 5.02 Å². The Morgan fingerprint density at radius 1 is 1.44 bits per heavy atom. The highest BCUT2D eigenvalue weighted by atomic mass is 79.9. The Morgan fingerprint density at radius 2 is 2.12 bits per heavy atom. The molecule has 0 amide bonds. The molecule has 90 valence electrons. The summed E-state index contributed by atoms with van der Waals surface area (Å²) in [5, 5.41) is 1.64. The van der Waals surface area contributed by atoms with E-state index in [4.69, 9.17) is 11.6 Å². The number of benzene rings is 1. The maximum absolute atomic E-state index is 6.20. The lowest BCUT2D eigenvalue weighted by atomic mass is 10.1. The first-order valence-corrected chi connectivity index (χ1v) is 7.17. The minimum absolute atomic E-state index is 0.552. The Kier molecular flexibility index (Phi) is 5.63. The quantitative estimate of drug-likeness (QED) is 0.702. The van der Waals surface area contributed by atoms with Gasteiger partial charge in [-0.15, -0.1) is 0 Å². The van der Waals surface area contributed by atoms with Crippen LogP contribution in [0.15, 0.2) is 18.2 Å². The van der Waals surface area contributed by atoms with Gasteiger partial charge in [0.25, 0.3) is 0 Å². The molecule has 0 saturated carbocycles. The van der Waals surface area contributed by atoms with Crippen molar-refractivity contribution in [1.82, 2.24) is 0 Å². The van der Waals surface area contributed by atoms with Crippen molar-refractivity contribution in [3.63, 3.8) is 0 Å². The number of anilines is 1. The fourth-order valence-electron chi connectivity index (χ4n) is 1.73. The molecule has 16 heavy (non-hydrogen) atoms. The van der Waals surface area contributed by atoms with Crippen molar-refractivity contribution in [2.45, 2.75) is 38.1 Å². The summed E-state index contributed by atoms with van der Waals surface area (Å²) in [6.45, 7) is 4.46. The second-order valence-corrected chi connectivity index (χ2v) is 5.13. The smallest absolute Gasteiger partial charge is 0.0467 e. The molecule has 1 aromatic rings. The van der Waals surface area contributed by atoms with E-state index in [1.54, 1.807) is 0 Å². The number of alkyl halides is 1. The van der Waals surface area contributed by atoms with Gasteiger partial charge < -0.3 is 4.90 Å². The normalized spacial score (nSPS) is 12.6. The van der Waals surface area contributed by atoms with Gasteiger partial charge in [0.2, 0.25) is 0 Å². The average molecular weight is 305 g/mol. The van der Waals surface area contributed by atoms with Crippen molar-refractivity contribution in [1.29, 1.82) is 0 Å². The molecule has 0 fully saturated rings. The molecule has 0 radical (unpaired) electrons. The van der Waals surface area contributed by atoms with E-state index in [-0.39, 0.29) is 0 Å². The number of hydrogen-bond acceptors (Lipinski definition) is 1. The average Bonchev–Trinajstić information content (AvgIpc) is 2.28. The van der Waals surface area contributed by atoms with Crippen LogP contribution in [0, 0.1) is 0 Å². The number of nitrogens with zero attached hydrogens (tertiary/aromatic N) is 1. The second kappa shape index (κ2) is 6.51. The predicted molar refractivity (Wildman–Crippen MR) is 76.9 cm³/mol. The first-order valence-electron chi connectivity index (χ1n) is 5.67. The van der Waals surface area contributed by atoms with Gasteiger partial charge in [-0.05, 0) is 31.0 Å². The van der Waals surface area contributed by atoms with Gasteiger partial charge in [-0.2, -0.15) is 0 Å². The molecule has 1 rings (SSSR count). The van der Waals surface area contributed by atoms with Crippen LogP contribution < -0.4 is 4.90 Å². The molecular formula is C13H19BrClN. The predicted octanol–water partition coefficient (Wildman–Crippen LogP) is 4.86. The van der Waals surface area contributed by atoms with Crippen LogP contribution in [0.5, 0.6) is 0 Å². The fraction of sp³-hybridized carbons (Fsp3) is 0.538. The molecule has 0 bridgehead atoms. The van der Waals surface area contributed by atoms with E-state index in [9.17, 15) is 0 Å². The standard InChI is InChI=1S/C13H19BrClN/c1-4-5-10(2)16(3)12-7-6-11(9-14)13(15)8-12/h6-8,10H,4-5,9H2,1-3H3. The van der Waals surface area contributed by atoms with Crippen molar-refractivity contribution in [3.8, 4) is 0 Å². The highest BCUT2D eigenvalue weighted by Gasteiger charge is 2.10. The zero-order valence-corrected chi connectivity index (χ0v) is 12.5. The molecule has 0 aliphatic rings. The van der Waals surface area contributed by atoms with Crippen LogP contribution in [0.25, 0.3) is 0 Å². The molecule has 0 aliphatic carbocycles. The third kappa shape index (κ3) is 3.39. The van der Waals surface area contributed by atoms with Gasteiger partial charge in [0.05, 0.1) is 0 Å². The Bertz CT molecular complexity index is 341. The molecule has 0 aliphatic heterocycles. The summed E-state index contributed by atoms with van der Waals surface area (Å²) >= 11 is 9.62. The van der Waals surface area contributed by atoms with Gasteiger partial charge in [0.1, 0.15) is 0 Å². The third-order valence-electron chi connectivity index (χ3n) is 2.96. The van der Waals surface area contributed by atoms with Gasteiger partial charge in [-0.1, -0.05) is 46.9 Å². The molecule has 0 saturated heterocycles. The van der Waals surface area contributed by atoms with E-state index in [0.717, 1.165) is 15.9 Å². The Morgan fingerprint density at radius 3 is 2.62 bits per heavy atom. The van der Waals surface area contributed by atoms with Crippen LogP contribution in [-0.4, -0.2) is 13.1 Å². The monoisotopic (exact) mass is 303 g/mol. The number of hydrogen-bond donors (Lipinski definition) is 0. The van der Waals surface area contributed by atoms with Gasteiger partial charge in [0.15, 0.2) is 0 Å². The summed E-state index contributed by atoms with van der Waals surface area (Å²) < 4.78 is 0. The van der Waals surface area contributed by atoms with Crippen molar-refractivity contribution in [2.75, 3.05) is 11.9 Å². The van der Waals surface area contributed by atoms with Crippen molar-refractivity contribution in [2.24, 2.45) is 0 Å². The number of halogens is 2. The number of rotatable bonds is 5. The van der Waals surface area contributed by atoms with Crippen LogP contribution in [0.3, 0.4) is 0 Å². The molecule has 0 heterocycles. The summed E-state index contributed by atoms with van der Waals surface area (Å²) in [6, 6.07) is 6.82. The first kappa shape index (κ1) is 13.9. The van der Waals surface area contributed by atoms with E-state index in [1.165, 1.54) is 18.5 Å². The van der Waals surface area contributed by atoms with Gasteiger partial charge in [-0.25, -0.2) is 0 Å². The minimum atomic E-state index is 0.552. The van der Waals surface area contributed by atoms with Crippen LogP contribution in [0.4, 0.5) is 5.69 Å². The molecule has 1 aromatic carbocycles. The molecular weight excluding hydrogens is 286 g/mol. The molecule has 1 nitrogen and oxygen atoms in total. The summed E-state index contributed by atoms with van der Waals surface area (Å²) in [4.78, 5) is 2.29. The minimum Gasteiger partial charge on any atom is -0.372 e. The lowest BCUT2D eigenvalue weighted by Gasteiger charge is -2.27. The Hall–Kier alpha value is -0.210.